The second kappa shape index (κ2) is 8.09. The van der Waals surface area contributed by atoms with Gasteiger partial charge in [-0.25, -0.2) is 14.6 Å². The summed E-state index contributed by atoms with van der Waals surface area (Å²) in [6, 6.07) is 5.61. The van der Waals surface area contributed by atoms with Crippen LogP contribution >= 0.6 is 15.9 Å². The molecule has 0 unspecified atom stereocenters. The lowest BCUT2D eigenvalue weighted by Gasteiger charge is -2.26. The lowest BCUT2D eigenvalue weighted by atomic mass is 9.86. The Morgan fingerprint density at radius 2 is 2.21 bits per heavy atom. The van der Waals surface area contributed by atoms with Crippen LogP contribution in [0.1, 0.15) is 32.0 Å². The maximum absolute atomic E-state index is 12.3. The number of amides is 2. The second-order valence-electron chi connectivity index (χ2n) is 9.07. The zero-order valence-electron chi connectivity index (χ0n) is 18.8. The predicted octanol–water partition coefficient (Wildman–Crippen LogP) is 3.03. The van der Waals surface area contributed by atoms with Crippen LogP contribution in [0.3, 0.4) is 0 Å². The van der Waals surface area contributed by atoms with Crippen LogP contribution in [-0.2, 0) is 16.0 Å². The third-order valence-corrected chi connectivity index (χ3v) is 7.38. The van der Waals surface area contributed by atoms with Crippen LogP contribution in [0.2, 0.25) is 0 Å². The first-order chi connectivity index (χ1) is 15.8. The van der Waals surface area contributed by atoms with Gasteiger partial charge in [-0.1, -0.05) is 6.92 Å². The van der Waals surface area contributed by atoms with Gasteiger partial charge in [-0.3, -0.25) is 9.59 Å². The summed E-state index contributed by atoms with van der Waals surface area (Å²) in [7, 11) is 3.43. The molecule has 1 fully saturated rings. The number of halogens is 1. The summed E-state index contributed by atoms with van der Waals surface area (Å²) in [5.41, 5.74) is 1.82. The Bertz CT molecular complexity index is 1270. The molecule has 0 saturated heterocycles. The first-order valence-electron chi connectivity index (χ1n) is 10.9. The van der Waals surface area contributed by atoms with Gasteiger partial charge in [0.15, 0.2) is 12.3 Å². The fourth-order valence-electron chi connectivity index (χ4n) is 4.88. The van der Waals surface area contributed by atoms with E-state index < -0.39 is 0 Å². The van der Waals surface area contributed by atoms with Crippen molar-refractivity contribution < 1.29 is 14.3 Å². The zero-order chi connectivity index (χ0) is 23.3. The Morgan fingerprint density at radius 3 is 3.00 bits per heavy atom. The maximum atomic E-state index is 12.3. The number of benzene rings is 1. The van der Waals surface area contributed by atoms with Crippen molar-refractivity contribution >= 4 is 44.5 Å². The summed E-state index contributed by atoms with van der Waals surface area (Å²) in [6.45, 7) is 2.07. The molecule has 9 nitrogen and oxygen atoms in total. The highest BCUT2D eigenvalue weighted by Gasteiger charge is 2.40. The summed E-state index contributed by atoms with van der Waals surface area (Å²) < 4.78 is 7.94. The number of nitrogens with zero attached hydrogens (tertiary/aromatic N) is 5. The monoisotopic (exact) mass is 512 g/mol. The van der Waals surface area contributed by atoms with Crippen molar-refractivity contribution in [2.24, 2.45) is 11.3 Å². The van der Waals surface area contributed by atoms with Gasteiger partial charge in [0.2, 0.25) is 5.91 Å². The van der Waals surface area contributed by atoms with Gasteiger partial charge in [0.25, 0.3) is 5.91 Å². The number of likely N-dealkylation sites (N-methyl/N-ethyl adjacent to an activating group) is 1. The highest BCUT2D eigenvalue weighted by atomic mass is 79.9. The van der Waals surface area contributed by atoms with Crippen LogP contribution in [-0.4, -0.2) is 52.3 Å². The molecule has 0 spiro atoms. The third kappa shape index (κ3) is 3.76. The van der Waals surface area contributed by atoms with E-state index in [4.69, 9.17) is 9.72 Å². The predicted molar refractivity (Wildman–Crippen MR) is 126 cm³/mol. The smallest absolute Gasteiger partial charge is 0.264 e. The molecule has 2 aromatic heterocycles. The molecule has 172 valence electrons. The Morgan fingerprint density at radius 1 is 1.39 bits per heavy atom. The van der Waals surface area contributed by atoms with E-state index in [1.807, 2.05) is 25.1 Å². The standard InChI is InChI=1S/C23H25BrN6O3/c1-23(22(32)25-2)7-6-13(10-23)8-18-26-11-15-20(24)28-30(21(15)27-18)14-4-5-17-16(9-14)29(3)19(31)12-33-17/h4-5,9,11,13H,6-8,10,12H2,1-3H3,(H,25,32)/t13-,23+/m0/s1. The van der Waals surface area contributed by atoms with Gasteiger partial charge < -0.3 is 15.0 Å². The molecule has 2 atom stereocenters. The molecule has 2 aliphatic rings. The number of carbonyl (C=O) groups is 2. The number of aromatic nitrogens is 4. The SMILES string of the molecule is CNC(=O)[C@]1(C)CC[C@@H](Cc2ncc3c(Br)nn(-c4ccc5c(c4)N(C)C(=O)CO5)c3n2)C1. The molecule has 0 radical (unpaired) electrons. The van der Waals surface area contributed by atoms with E-state index in [1.165, 1.54) is 0 Å². The van der Waals surface area contributed by atoms with Crippen LogP contribution in [0.5, 0.6) is 5.75 Å². The summed E-state index contributed by atoms with van der Waals surface area (Å²) in [4.78, 5) is 35.3. The van der Waals surface area contributed by atoms with E-state index >= 15 is 0 Å². The topological polar surface area (TPSA) is 102 Å². The van der Waals surface area contributed by atoms with Gasteiger partial charge in [0, 0.05) is 32.1 Å². The van der Waals surface area contributed by atoms with Crippen LogP contribution in [0.15, 0.2) is 29.0 Å². The van der Waals surface area contributed by atoms with Crippen molar-refractivity contribution in [1.29, 1.82) is 0 Å². The lowest BCUT2D eigenvalue weighted by molar-refractivity contribution is -0.129. The number of carbonyl (C=O) groups excluding carboxylic acids is 2. The molecule has 1 N–H and O–H groups in total. The minimum Gasteiger partial charge on any atom is -0.482 e. The molecule has 33 heavy (non-hydrogen) atoms. The summed E-state index contributed by atoms with van der Waals surface area (Å²) in [5, 5.41) is 8.21. The molecule has 0 bridgehead atoms. The van der Waals surface area contributed by atoms with Crippen LogP contribution in [0, 0.1) is 11.3 Å². The quantitative estimate of drug-likeness (QED) is 0.576. The van der Waals surface area contributed by atoms with Gasteiger partial charge in [0.05, 0.1) is 16.8 Å². The normalized spacial score (nSPS) is 22.4. The van der Waals surface area contributed by atoms with E-state index in [9.17, 15) is 9.59 Å². The number of nitrogens with one attached hydrogen (secondary N) is 1. The largest absolute Gasteiger partial charge is 0.482 e. The molecule has 3 aromatic rings. The van der Waals surface area contributed by atoms with Crippen molar-refractivity contribution in [3.63, 3.8) is 0 Å². The van der Waals surface area contributed by atoms with Crippen molar-refractivity contribution in [3.05, 3.63) is 34.8 Å². The Hall–Kier alpha value is -3.01. The number of ether oxygens (including phenoxy) is 1. The molecule has 1 aliphatic carbocycles. The first kappa shape index (κ1) is 21.8. The lowest BCUT2D eigenvalue weighted by Crippen LogP contribution is -2.35. The molecule has 1 aromatic carbocycles. The summed E-state index contributed by atoms with van der Waals surface area (Å²) in [5.74, 6) is 1.74. The summed E-state index contributed by atoms with van der Waals surface area (Å²) >= 11 is 3.52. The Labute approximate surface area is 199 Å². The number of hydrogen-bond donors (Lipinski definition) is 1. The third-order valence-electron chi connectivity index (χ3n) is 6.79. The minimum absolute atomic E-state index is 0.0375. The van der Waals surface area contributed by atoms with Gasteiger partial charge in [-0.15, -0.1) is 0 Å². The van der Waals surface area contributed by atoms with Crippen molar-refractivity contribution in [2.75, 3.05) is 25.6 Å². The van der Waals surface area contributed by atoms with Crippen molar-refractivity contribution in [3.8, 4) is 11.4 Å². The van der Waals surface area contributed by atoms with Gasteiger partial charge in [-0.2, -0.15) is 5.10 Å². The van der Waals surface area contributed by atoms with E-state index in [0.717, 1.165) is 36.2 Å². The van der Waals surface area contributed by atoms with Crippen LogP contribution in [0.25, 0.3) is 16.7 Å². The minimum atomic E-state index is -0.330. The number of hydrogen-bond acceptors (Lipinski definition) is 6. The molecular weight excluding hydrogens is 488 g/mol. The van der Waals surface area contributed by atoms with Crippen LogP contribution < -0.4 is 15.0 Å². The van der Waals surface area contributed by atoms with Gasteiger partial charge in [-0.05, 0) is 59.3 Å². The number of rotatable bonds is 4. The van der Waals surface area contributed by atoms with Gasteiger partial charge >= 0.3 is 0 Å². The van der Waals surface area contributed by atoms with Crippen LogP contribution in [0.4, 0.5) is 5.69 Å². The Balaban J connectivity index is 1.47. The molecule has 2 amide bonds. The van der Waals surface area contributed by atoms with E-state index in [-0.39, 0.29) is 23.8 Å². The average Bonchev–Trinajstić information content (AvgIpc) is 3.36. The van der Waals surface area contributed by atoms with Gasteiger partial charge in [0.1, 0.15) is 16.2 Å². The zero-order valence-corrected chi connectivity index (χ0v) is 20.3. The van der Waals surface area contributed by atoms with E-state index in [0.29, 0.717) is 34.0 Å². The van der Waals surface area contributed by atoms with E-state index in [1.54, 1.807) is 29.9 Å². The second-order valence-corrected chi connectivity index (χ2v) is 9.82. The molecule has 1 aliphatic heterocycles. The highest BCUT2D eigenvalue weighted by Crippen LogP contribution is 2.43. The first-order valence-corrected chi connectivity index (χ1v) is 11.7. The number of anilines is 1. The molecular formula is C23H25BrN6O3. The highest BCUT2D eigenvalue weighted by molar-refractivity contribution is 9.10. The Kier molecular flexibility index (Phi) is 5.35. The molecule has 10 heteroatoms. The van der Waals surface area contributed by atoms with Crippen molar-refractivity contribution in [2.45, 2.75) is 32.6 Å². The fraction of sp³-hybridized carbons (Fsp3) is 0.435. The molecule has 5 rings (SSSR count). The maximum Gasteiger partial charge on any atom is 0.264 e. The molecule has 1 saturated carbocycles. The van der Waals surface area contributed by atoms with Crippen molar-refractivity contribution in [1.82, 2.24) is 25.1 Å². The average molecular weight is 513 g/mol. The molecule has 3 heterocycles. The number of fused-ring (bicyclic) bond motifs is 2. The fourth-order valence-corrected chi connectivity index (χ4v) is 5.32. The summed E-state index contributed by atoms with van der Waals surface area (Å²) in [6.07, 6.45) is 5.16. The van der Waals surface area contributed by atoms with E-state index in [2.05, 4.69) is 31.3 Å².